The highest BCUT2D eigenvalue weighted by atomic mass is 16.2. The molecule has 92 valence electrons. The van der Waals surface area contributed by atoms with Crippen LogP contribution in [0.15, 0.2) is 18.2 Å². The fourth-order valence-electron chi connectivity index (χ4n) is 3.07. The van der Waals surface area contributed by atoms with Crippen LogP contribution in [0.3, 0.4) is 0 Å². The number of nitrogens with one attached hydrogen (secondary N) is 1. The second-order valence-electron chi connectivity index (χ2n) is 5.15. The summed E-state index contributed by atoms with van der Waals surface area (Å²) in [6, 6.07) is 5.54. The van der Waals surface area contributed by atoms with E-state index in [1.807, 2.05) is 18.2 Å². The predicted molar refractivity (Wildman–Crippen MR) is 69.7 cm³/mol. The van der Waals surface area contributed by atoms with Gasteiger partial charge in [0.05, 0.1) is 12.0 Å². The molecule has 1 saturated heterocycles. The van der Waals surface area contributed by atoms with Gasteiger partial charge in [0, 0.05) is 5.69 Å². The van der Waals surface area contributed by atoms with Crippen molar-refractivity contribution in [3.63, 3.8) is 0 Å². The van der Waals surface area contributed by atoms with Crippen molar-refractivity contribution in [3.05, 3.63) is 35.2 Å². The zero-order chi connectivity index (χ0) is 12.8. The molecule has 0 radical (unpaired) electrons. The van der Waals surface area contributed by atoms with Crippen LogP contribution in [0.4, 0.5) is 11.4 Å². The van der Waals surface area contributed by atoms with Crippen molar-refractivity contribution in [1.29, 1.82) is 0 Å². The summed E-state index contributed by atoms with van der Waals surface area (Å²) >= 11 is 0. The van der Waals surface area contributed by atoms with Crippen LogP contribution >= 0.6 is 0 Å². The van der Waals surface area contributed by atoms with E-state index < -0.39 is 5.41 Å². The lowest BCUT2D eigenvalue weighted by molar-refractivity contribution is -0.122. The van der Waals surface area contributed by atoms with Gasteiger partial charge in [0.1, 0.15) is 0 Å². The Balaban J connectivity index is 2.14. The van der Waals surface area contributed by atoms with Crippen molar-refractivity contribution >= 4 is 17.3 Å². The van der Waals surface area contributed by atoms with Crippen molar-refractivity contribution in [2.45, 2.75) is 18.3 Å². The summed E-state index contributed by atoms with van der Waals surface area (Å²) in [7, 11) is 2.07. The molecule has 2 aliphatic heterocycles. The highest BCUT2D eigenvalue weighted by Gasteiger charge is 2.48. The van der Waals surface area contributed by atoms with Crippen LogP contribution < -0.4 is 5.32 Å². The molecule has 18 heavy (non-hydrogen) atoms. The molecule has 2 aliphatic rings. The van der Waals surface area contributed by atoms with E-state index in [2.05, 4.69) is 22.1 Å². The molecule has 0 aliphatic carbocycles. The first-order valence-corrected chi connectivity index (χ1v) is 6.18. The number of carbonyl (C=O) groups is 1. The number of likely N-dealkylation sites (tertiary alicyclic amines) is 1. The van der Waals surface area contributed by atoms with Crippen LogP contribution in [0.25, 0.3) is 4.85 Å². The molecule has 0 saturated carbocycles. The van der Waals surface area contributed by atoms with Gasteiger partial charge in [-0.1, -0.05) is 12.1 Å². The molecule has 2 heterocycles. The third-order valence-corrected chi connectivity index (χ3v) is 4.16. The van der Waals surface area contributed by atoms with Crippen molar-refractivity contribution in [2.75, 3.05) is 25.5 Å². The van der Waals surface area contributed by atoms with Crippen LogP contribution in [-0.2, 0) is 10.2 Å². The summed E-state index contributed by atoms with van der Waals surface area (Å²) in [5.74, 6) is 0.0710. The number of piperidine rings is 1. The average Bonchev–Trinajstić information content (AvgIpc) is 2.66. The van der Waals surface area contributed by atoms with Crippen LogP contribution in [0, 0.1) is 6.57 Å². The van der Waals surface area contributed by atoms with Gasteiger partial charge in [-0.25, -0.2) is 4.85 Å². The van der Waals surface area contributed by atoms with Crippen LogP contribution in [0.1, 0.15) is 18.4 Å². The van der Waals surface area contributed by atoms with Crippen LogP contribution in [-0.4, -0.2) is 30.9 Å². The third kappa shape index (κ3) is 1.37. The summed E-state index contributed by atoms with van der Waals surface area (Å²) in [6.07, 6.45) is 1.60. The van der Waals surface area contributed by atoms with Gasteiger partial charge in [-0.3, -0.25) is 4.79 Å². The Labute approximate surface area is 106 Å². The molecule has 1 N–H and O–H groups in total. The first kappa shape index (κ1) is 11.2. The number of hydrogen-bond acceptors (Lipinski definition) is 2. The van der Waals surface area contributed by atoms with Crippen molar-refractivity contribution in [3.8, 4) is 0 Å². The van der Waals surface area contributed by atoms with E-state index in [-0.39, 0.29) is 5.91 Å². The van der Waals surface area contributed by atoms with E-state index in [0.29, 0.717) is 5.69 Å². The monoisotopic (exact) mass is 241 g/mol. The molecule has 0 aromatic heterocycles. The maximum Gasteiger partial charge on any atom is 0.233 e. The first-order valence-electron chi connectivity index (χ1n) is 6.18. The Morgan fingerprint density at radius 1 is 1.39 bits per heavy atom. The number of rotatable bonds is 0. The van der Waals surface area contributed by atoms with Gasteiger partial charge >= 0.3 is 0 Å². The van der Waals surface area contributed by atoms with Gasteiger partial charge in [-0.2, -0.15) is 0 Å². The maximum atomic E-state index is 12.4. The summed E-state index contributed by atoms with van der Waals surface area (Å²) in [6.45, 7) is 9.10. The lowest BCUT2D eigenvalue weighted by Gasteiger charge is -2.36. The van der Waals surface area contributed by atoms with Crippen LogP contribution in [0.5, 0.6) is 0 Å². The van der Waals surface area contributed by atoms with E-state index >= 15 is 0 Å². The number of fused-ring (bicyclic) bond motifs is 2. The molecule has 1 amide bonds. The van der Waals surface area contributed by atoms with E-state index in [4.69, 9.17) is 6.57 Å². The highest BCUT2D eigenvalue weighted by molar-refractivity contribution is 6.08. The zero-order valence-corrected chi connectivity index (χ0v) is 10.4. The topological polar surface area (TPSA) is 36.7 Å². The SMILES string of the molecule is [C-]#[N+]c1cccc2c1C1(CCN(C)CC1)C(=O)N2. The molecular formula is C14H15N3O. The standard InChI is InChI=1S/C14H15N3O/c1-15-10-4-3-5-11-12(10)14(13(18)16-11)6-8-17(2)9-7-14/h3-5H,6-9H2,2H3,(H,16,18). The van der Waals surface area contributed by atoms with Gasteiger partial charge in [0.2, 0.25) is 5.91 Å². The second-order valence-corrected chi connectivity index (χ2v) is 5.15. The molecule has 1 aromatic rings. The number of nitrogens with zero attached hydrogens (tertiary/aromatic N) is 2. The zero-order valence-electron chi connectivity index (χ0n) is 10.4. The lowest BCUT2D eigenvalue weighted by atomic mass is 9.73. The van der Waals surface area contributed by atoms with Crippen molar-refractivity contribution < 1.29 is 4.79 Å². The van der Waals surface area contributed by atoms with Gasteiger partial charge in [0.25, 0.3) is 0 Å². The van der Waals surface area contributed by atoms with E-state index in [9.17, 15) is 4.79 Å². The number of amides is 1. The quantitative estimate of drug-likeness (QED) is 0.707. The van der Waals surface area contributed by atoms with Gasteiger partial charge in [0.15, 0.2) is 5.69 Å². The molecule has 4 heteroatoms. The molecule has 0 bridgehead atoms. The largest absolute Gasteiger partial charge is 0.326 e. The summed E-state index contributed by atoms with van der Waals surface area (Å²) in [5, 5.41) is 2.95. The van der Waals surface area contributed by atoms with Crippen molar-refractivity contribution in [2.24, 2.45) is 0 Å². The van der Waals surface area contributed by atoms with Gasteiger partial charge < -0.3 is 10.2 Å². The Morgan fingerprint density at radius 2 is 2.11 bits per heavy atom. The number of carbonyl (C=O) groups excluding carboxylic acids is 1. The average molecular weight is 241 g/mol. The Hall–Kier alpha value is -1.86. The number of benzene rings is 1. The Kier molecular flexibility index (Phi) is 2.39. The minimum Gasteiger partial charge on any atom is -0.326 e. The smallest absolute Gasteiger partial charge is 0.233 e. The fourth-order valence-corrected chi connectivity index (χ4v) is 3.07. The minimum atomic E-state index is -0.469. The van der Waals surface area contributed by atoms with E-state index in [1.54, 1.807) is 0 Å². The molecule has 4 nitrogen and oxygen atoms in total. The lowest BCUT2D eigenvalue weighted by Crippen LogP contribution is -2.45. The summed E-state index contributed by atoms with van der Waals surface area (Å²) < 4.78 is 0. The maximum absolute atomic E-state index is 12.4. The van der Waals surface area contributed by atoms with E-state index in [0.717, 1.165) is 37.2 Å². The molecule has 0 atom stereocenters. The molecule has 1 fully saturated rings. The second kappa shape index (κ2) is 3.82. The van der Waals surface area contributed by atoms with Gasteiger partial charge in [-0.05, 0) is 44.6 Å². The normalized spacial score (nSPS) is 21.4. The highest BCUT2D eigenvalue weighted by Crippen LogP contribution is 2.48. The number of hydrogen-bond donors (Lipinski definition) is 1. The summed E-state index contributed by atoms with van der Waals surface area (Å²) in [4.78, 5) is 18.2. The predicted octanol–water partition coefficient (Wildman–Crippen LogP) is 2.15. The molecule has 1 aromatic carbocycles. The number of anilines is 1. The first-order chi connectivity index (χ1) is 8.67. The minimum absolute atomic E-state index is 0.0710. The Bertz CT molecular complexity index is 551. The van der Waals surface area contributed by atoms with Crippen LogP contribution in [0.2, 0.25) is 0 Å². The Morgan fingerprint density at radius 3 is 2.78 bits per heavy atom. The third-order valence-electron chi connectivity index (χ3n) is 4.16. The van der Waals surface area contributed by atoms with Gasteiger partial charge in [-0.15, -0.1) is 0 Å². The fraction of sp³-hybridized carbons (Fsp3) is 0.429. The molecule has 1 spiro atoms. The molecular weight excluding hydrogens is 226 g/mol. The summed E-state index contributed by atoms with van der Waals surface area (Å²) in [5.41, 5.74) is 1.91. The van der Waals surface area contributed by atoms with E-state index in [1.165, 1.54) is 0 Å². The molecule has 0 unspecified atom stereocenters. The molecule has 3 rings (SSSR count). The van der Waals surface area contributed by atoms with Crippen molar-refractivity contribution in [1.82, 2.24) is 4.90 Å².